The first-order valence-electron chi connectivity index (χ1n) is 6.45. The Morgan fingerprint density at radius 2 is 1.76 bits per heavy atom. The van der Waals surface area contributed by atoms with Crippen molar-refractivity contribution >= 4 is 23.2 Å². The first-order valence-corrected chi connectivity index (χ1v) is 6.89. The van der Waals surface area contributed by atoms with Crippen molar-refractivity contribution in [1.29, 1.82) is 0 Å². The van der Waals surface area contributed by atoms with E-state index in [1.807, 2.05) is 6.07 Å². The fourth-order valence-corrected chi connectivity index (χ4v) is 2.82. The summed E-state index contributed by atoms with van der Waals surface area (Å²) in [5, 5.41) is -0.665. The molecular formula is C16H12ClF2NO. The van der Waals surface area contributed by atoms with Crippen LogP contribution in [0.25, 0.3) is 0 Å². The van der Waals surface area contributed by atoms with Gasteiger partial charge in [0, 0.05) is 18.8 Å². The molecular weight excluding hydrogens is 296 g/mol. The van der Waals surface area contributed by atoms with Crippen LogP contribution in [0, 0.1) is 11.6 Å². The molecule has 0 fully saturated rings. The monoisotopic (exact) mass is 307 g/mol. The number of rotatable bonds is 2. The van der Waals surface area contributed by atoms with E-state index in [1.54, 1.807) is 24.1 Å². The minimum Gasteiger partial charge on any atom is -0.315 e. The van der Waals surface area contributed by atoms with E-state index in [4.69, 9.17) is 11.6 Å². The lowest BCUT2D eigenvalue weighted by molar-refractivity contribution is -0.117. The summed E-state index contributed by atoms with van der Waals surface area (Å²) in [6, 6.07) is 8.63. The topological polar surface area (TPSA) is 20.3 Å². The Hall–Kier alpha value is -1.94. The number of hydrogen-bond acceptors (Lipinski definition) is 1. The average Bonchev–Trinajstić information content (AvgIpc) is 2.71. The van der Waals surface area contributed by atoms with Gasteiger partial charge in [0.1, 0.15) is 11.6 Å². The molecule has 21 heavy (non-hydrogen) atoms. The normalized spacial score (nSPS) is 15.2. The first-order chi connectivity index (χ1) is 9.95. The Morgan fingerprint density at radius 1 is 1.10 bits per heavy atom. The number of anilines is 1. The quantitative estimate of drug-likeness (QED) is 0.773. The number of amides is 1. The van der Waals surface area contributed by atoms with Gasteiger partial charge in [0.2, 0.25) is 5.91 Å². The minimum atomic E-state index is -0.665. The number of hydrogen-bond donors (Lipinski definition) is 0. The Balaban J connectivity index is 1.98. The number of nitrogens with zero attached hydrogens (tertiary/aromatic N) is 1. The van der Waals surface area contributed by atoms with Gasteiger partial charge in [-0.05, 0) is 34.9 Å². The smallest absolute Gasteiger partial charge is 0.231 e. The molecule has 1 atom stereocenters. The molecule has 108 valence electrons. The molecule has 1 unspecified atom stereocenters. The van der Waals surface area contributed by atoms with Crippen LogP contribution in [0.3, 0.4) is 0 Å². The Kier molecular flexibility index (Phi) is 3.41. The first kappa shape index (κ1) is 14.0. The Bertz CT molecular complexity index is 712. The molecule has 1 amide bonds. The van der Waals surface area contributed by atoms with E-state index in [0.29, 0.717) is 17.5 Å². The van der Waals surface area contributed by atoms with Crippen molar-refractivity contribution in [3.63, 3.8) is 0 Å². The third-order valence-electron chi connectivity index (χ3n) is 3.65. The summed E-state index contributed by atoms with van der Waals surface area (Å²) >= 11 is 6.32. The predicted octanol–water partition coefficient (Wildman–Crippen LogP) is 3.81. The number of carbonyl (C=O) groups excluding carboxylic acids is 1. The third-order valence-corrected chi connectivity index (χ3v) is 4.15. The van der Waals surface area contributed by atoms with E-state index in [2.05, 4.69) is 0 Å². The molecule has 2 nitrogen and oxygen atoms in total. The molecule has 5 heteroatoms. The molecule has 3 rings (SSSR count). The molecule has 2 aromatic carbocycles. The highest BCUT2D eigenvalue weighted by molar-refractivity contribution is 6.22. The molecule has 0 spiro atoms. The maximum atomic E-state index is 13.3. The summed E-state index contributed by atoms with van der Waals surface area (Å²) in [6.45, 7) is 0. The van der Waals surface area contributed by atoms with E-state index in [0.717, 1.165) is 17.3 Å². The highest BCUT2D eigenvalue weighted by Gasteiger charge is 2.25. The highest BCUT2D eigenvalue weighted by atomic mass is 35.5. The lowest BCUT2D eigenvalue weighted by atomic mass is 10.0. The van der Waals surface area contributed by atoms with Gasteiger partial charge in [0.15, 0.2) is 0 Å². The average molecular weight is 308 g/mol. The molecule has 0 radical (unpaired) electrons. The van der Waals surface area contributed by atoms with Gasteiger partial charge in [-0.15, -0.1) is 11.6 Å². The Morgan fingerprint density at radius 3 is 2.43 bits per heavy atom. The SMILES string of the molecule is CN1C(=O)Cc2cc(C(Cl)c3cc(F)cc(F)c3)ccc21. The molecule has 0 saturated heterocycles. The van der Waals surface area contributed by atoms with Crippen LogP contribution in [0.2, 0.25) is 0 Å². The second kappa shape index (κ2) is 5.11. The number of likely N-dealkylation sites (N-methyl/N-ethyl adjacent to an activating group) is 1. The molecule has 0 aliphatic carbocycles. The minimum absolute atomic E-state index is 0.0186. The van der Waals surface area contributed by atoms with Gasteiger partial charge in [0.25, 0.3) is 0 Å². The number of alkyl halides is 1. The van der Waals surface area contributed by atoms with E-state index >= 15 is 0 Å². The number of fused-ring (bicyclic) bond motifs is 1. The predicted molar refractivity (Wildman–Crippen MR) is 77.6 cm³/mol. The zero-order valence-electron chi connectivity index (χ0n) is 11.2. The van der Waals surface area contributed by atoms with Crippen molar-refractivity contribution in [2.75, 3.05) is 11.9 Å². The summed E-state index contributed by atoms with van der Waals surface area (Å²) < 4.78 is 26.6. The number of benzene rings is 2. The third kappa shape index (κ3) is 2.51. The number of halogens is 3. The van der Waals surface area contributed by atoms with Crippen LogP contribution in [0.4, 0.5) is 14.5 Å². The molecule has 0 aromatic heterocycles. The van der Waals surface area contributed by atoms with Gasteiger partial charge in [-0.25, -0.2) is 8.78 Å². The molecule has 1 aliphatic rings. The van der Waals surface area contributed by atoms with Crippen molar-refractivity contribution < 1.29 is 13.6 Å². The fraction of sp³-hybridized carbons (Fsp3) is 0.188. The van der Waals surface area contributed by atoms with E-state index < -0.39 is 17.0 Å². The standard InChI is InChI=1S/C16H12ClF2NO/c1-20-14-3-2-9(4-10(14)7-15(20)21)16(17)11-5-12(18)8-13(19)6-11/h2-6,8,16H,7H2,1H3. The van der Waals surface area contributed by atoms with E-state index in [9.17, 15) is 13.6 Å². The molecule has 0 bridgehead atoms. The van der Waals surface area contributed by atoms with Crippen molar-refractivity contribution in [3.8, 4) is 0 Å². The van der Waals surface area contributed by atoms with Crippen molar-refractivity contribution in [2.24, 2.45) is 0 Å². The van der Waals surface area contributed by atoms with Gasteiger partial charge >= 0.3 is 0 Å². The van der Waals surface area contributed by atoms with Gasteiger partial charge in [-0.1, -0.05) is 12.1 Å². The highest BCUT2D eigenvalue weighted by Crippen LogP contribution is 2.35. The van der Waals surface area contributed by atoms with Gasteiger partial charge in [-0.3, -0.25) is 4.79 Å². The van der Waals surface area contributed by atoms with Gasteiger partial charge in [0.05, 0.1) is 11.8 Å². The zero-order chi connectivity index (χ0) is 15.1. The molecule has 0 N–H and O–H groups in total. The number of carbonyl (C=O) groups is 1. The van der Waals surface area contributed by atoms with Gasteiger partial charge < -0.3 is 4.90 Å². The molecule has 1 heterocycles. The van der Waals surface area contributed by atoms with Gasteiger partial charge in [-0.2, -0.15) is 0 Å². The van der Waals surface area contributed by atoms with Crippen molar-refractivity contribution in [3.05, 3.63) is 64.7 Å². The van der Waals surface area contributed by atoms with Crippen LogP contribution >= 0.6 is 11.6 Å². The summed E-state index contributed by atoms with van der Waals surface area (Å²) in [5.74, 6) is -1.30. The summed E-state index contributed by atoms with van der Waals surface area (Å²) in [7, 11) is 1.72. The molecule has 2 aromatic rings. The van der Waals surface area contributed by atoms with Crippen molar-refractivity contribution in [1.82, 2.24) is 0 Å². The van der Waals surface area contributed by atoms with Crippen LogP contribution in [-0.2, 0) is 11.2 Å². The fourth-order valence-electron chi connectivity index (χ4n) is 2.56. The van der Waals surface area contributed by atoms with E-state index in [1.165, 1.54) is 12.1 Å². The van der Waals surface area contributed by atoms with Crippen LogP contribution in [-0.4, -0.2) is 13.0 Å². The van der Waals surface area contributed by atoms with Crippen molar-refractivity contribution in [2.45, 2.75) is 11.8 Å². The zero-order valence-corrected chi connectivity index (χ0v) is 12.0. The Labute approximate surface area is 125 Å². The lowest BCUT2D eigenvalue weighted by Crippen LogP contribution is -2.20. The van der Waals surface area contributed by atoms with Crippen LogP contribution in [0.1, 0.15) is 22.1 Å². The maximum absolute atomic E-state index is 13.3. The largest absolute Gasteiger partial charge is 0.315 e. The van der Waals surface area contributed by atoms with Crippen LogP contribution in [0.15, 0.2) is 36.4 Å². The molecule has 0 saturated carbocycles. The summed E-state index contributed by atoms with van der Waals surface area (Å²) in [4.78, 5) is 13.3. The van der Waals surface area contributed by atoms with E-state index in [-0.39, 0.29) is 5.91 Å². The summed E-state index contributed by atoms with van der Waals surface area (Å²) in [6.07, 6.45) is 0.320. The maximum Gasteiger partial charge on any atom is 0.231 e. The summed E-state index contributed by atoms with van der Waals surface area (Å²) in [5.41, 5.74) is 2.79. The molecule has 1 aliphatic heterocycles. The van der Waals surface area contributed by atoms with Crippen LogP contribution < -0.4 is 4.90 Å². The lowest BCUT2D eigenvalue weighted by Gasteiger charge is -2.14. The second-order valence-corrected chi connectivity index (χ2v) is 5.52. The second-order valence-electron chi connectivity index (χ2n) is 5.08. The van der Waals surface area contributed by atoms with Crippen LogP contribution in [0.5, 0.6) is 0 Å².